The number of hydrogen-bond donors (Lipinski definition) is 2. The van der Waals surface area contributed by atoms with Crippen molar-refractivity contribution in [2.24, 2.45) is 5.73 Å². The maximum Gasteiger partial charge on any atom is 0.245 e. The lowest BCUT2D eigenvalue weighted by Crippen LogP contribution is -2.32. The van der Waals surface area contributed by atoms with Crippen LogP contribution in [0.2, 0.25) is 0 Å². The molecular formula is C8H17N3O2. The molecule has 1 fully saturated rings. The van der Waals surface area contributed by atoms with Crippen molar-refractivity contribution in [3.05, 3.63) is 0 Å². The van der Waals surface area contributed by atoms with Crippen LogP contribution in [0.25, 0.3) is 0 Å². The van der Waals surface area contributed by atoms with E-state index < -0.39 is 5.91 Å². The van der Waals surface area contributed by atoms with Gasteiger partial charge in [-0.2, -0.15) is 0 Å². The van der Waals surface area contributed by atoms with Crippen LogP contribution in [0.4, 0.5) is 0 Å². The summed E-state index contributed by atoms with van der Waals surface area (Å²) in [4.78, 5) is 17.4. The molecule has 0 aromatic rings. The fourth-order valence-corrected chi connectivity index (χ4v) is 1.40. The lowest BCUT2D eigenvalue weighted by molar-refractivity contribution is -0.125. The van der Waals surface area contributed by atoms with E-state index in [1.165, 1.54) is 25.9 Å². The van der Waals surface area contributed by atoms with Crippen LogP contribution in [-0.4, -0.2) is 43.6 Å². The average molecular weight is 187 g/mol. The van der Waals surface area contributed by atoms with Crippen LogP contribution in [0.1, 0.15) is 12.8 Å². The summed E-state index contributed by atoms with van der Waals surface area (Å²) < 4.78 is 0. The molecule has 5 heteroatoms. The zero-order valence-corrected chi connectivity index (χ0v) is 7.79. The van der Waals surface area contributed by atoms with E-state index in [2.05, 4.69) is 10.4 Å². The molecule has 0 aromatic carbocycles. The molecule has 3 N–H and O–H groups in total. The average Bonchev–Trinajstić information content (AvgIpc) is 2.55. The molecule has 5 nitrogen and oxygen atoms in total. The second kappa shape index (κ2) is 5.90. The molecule has 0 radical (unpaired) electrons. The van der Waals surface area contributed by atoms with Gasteiger partial charge < -0.3 is 10.6 Å². The van der Waals surface area contributed by atoms with Crippen molar-refractivity contribution >= 4 is 5.91 Å². The predicted octanol–water partition coefficient (Wildman–Crippen LogP) is -0.911. The van der Waals surface area contributed by atoms with Gasteiger partial charge in [-0.15, -0.1) is 0 Å². The summed E-state index contributed by atoms with van der Waals surface area (Å²) in [7, 11) is 0. The second-order valence-electron chi connectivity index (χ2n) is 3.20. The molecule has 0 spiro atoms. The van der Waals surface area contributed by atoms with Gasteiger partial charge in [0.15, 0.2) is 0 Å². The Morgan fingerprint density at radius 1 is 1.46 bits per heavy atom. The molecule has 0 bridgehead atoms. The lowest BCUT2D eigenvalue weighted by Gasteiger charge is -2.14. The smallest absolute Gasteiger partial charge is 0.245 e. The number of carbonyl (C=O) groups excluding carboxylic acids is 1. The highest BCUT2D eigenvalue weighted by Crippen LogP contribution is 2.05. The SMILES string of the molecule is NC(=O)CONCCN1CCCC1. The van der Waals surface area contributed by atoms with E-state index in [1.54, 1.807) is 0 Å². The van der Waals surface area contributed by atoms with Crippen molar-refractivity contribution < 1.29 is 9.63 Å². The van der Waals surface area contributed by atoms with Gasteiger partial charge in [0, 0.05) is 13.1 Å². The van der Waals surface area contributed by atoms with Crippen molar-refractivity contribution in [1.29, 1.82) is 0 Å². The first-order valence-corrected chi connectivity index (χ1v) is 4.64. The van der Waals surface area contributed by atoms with Crippen molar-refractivity contribution in [2.45, 2.75) is 12.8 Å². The molecular weight excluding hydrogens is 170 g/mol. The zero-order chi connectivity index (χ0) is 9.52. The molecule has 0 aliphatic carbocycles. The highest BCUT2D eigenvalue weighted by molar-refractivity contribution is 5.74. The fourth-order valence-electron chi connectivity index (χ4n) is 1.40. The number of likely N-dealkylation sites (tertiary alicyclic amines) is 1. The Morgan fingerprint density at radius 3 is 2.77 bits per heavy atom. The molecule has 1 saturated heterocycles. The van der Waals surface area contributed by atoms with E-state index in [9.17, 15) is 4.79 Å². The predicted molar refractivity (Wildman–Crippen MR) is 48.8 cm³/mol. The molecule has 0 aromatic heterocycles. The Labute approximate surface area is 78.2 Å². The number of carbonyl (C=O) groups is 1. The van der Waals surface area contributed by atoms with E-state index >= 15 is 0 Å². The standard InChI is InChI=1S/C8H17N3O2/c9-8(12)7-13-10-3-6-11-4-1-2-5-11/h10H,1-7H2,(H2,9,12). The van der Waals surface area contributed by atoms with Gasteiger partial charge in [-0.3, -0.25) is 9.63 Å². The van der Waals surface area contributed by atoms with Crippen LogP contribution in [0, 0.1) is 0 Å². The highest BCUT2D eigenvalue weighted by atomic mass is 16.6. The number of rotatable bonds is 6. The molecule has 13 heavy (non-hydrogen) atoms. The largest absolute Gasteiger partial charge is 0.368 e. The third kappa shape index (κ3) is 4.82. The molecule has 1 aliphatic heterocycles. The molecule has 1 aliphatic rings. The first-order chi connectivity index (χ1) is 6.29. The summed E-state index contributed by atoms with van der Waals surface area (Å²) in [5, 5.41) is 0. The summed E-state index contributed by atoms with van der Waals surface area (Å²) in [6.07, 6.45) is 2.59. The first-order valence-electron chi connectivity index (χ1n) is 4.64. The van der Waals surface area contributed by atoms with Gasteiger partial charge >= 0.3 is 0 Å². The Kier molecular flexibility index (Phi) is 4.74. The Balaban J connectivity index is 1.86. The number of hydrogen-bond acceptors (Lipinski definition) is 4. The lowest BCUT2D eigenvalue weighted by atomic mass is 10.4. The van der Waals surface area contributed by atoms with E-state index in [1.807, 2.05) is 0 Å². The number of hydroxylamine groups is 1. The Bertz CT molecular complexity index is 157. The third-order valence-electron chi connectivity index (χ3n) is 2.05. The fraction of sp³-hybridized carbons (Fsp3) is 0.875. The minimum Gasteiger partial charge on any atom is -0.368 e. The van der Waals surface area contributed by atoms with Crippen LogP contribution >= 0.6 is 0 Å². The van der Waals surface area contributed by atoms with Crippen LogP contribution in [0.3, 0.4) is 0 Å². The number of nitrogens with two attached hydrogens (primary N) is 1. The molecule has 1 rings (SSSR count). The van der Waals surface area contributed by atoms with Gasteiger partial charge in [0.05, 0.1) is 0 Å². The quantitative estimate of drug-likeness (QED) is 0.417. The Morgan fingerprint density at radius 2 is 2.15 bits per heavy atom. The van der Waals surface area contributed by atoms with E-state index in [0.29, 0.717) is 0 Å². The number of primary amides is 1. The number of amides is 1. The minimum atomic E-state index is -0.450. The number of nitrogens with one attached hydrogen (secondary N) is 1. The van der Waals surface area contributed by atoms with Gasteiger partial charge in [-0.1, -0.05) is 0 Å². The molecule has 1 amide bonds. The van der Waals surface area contributed by atoms with Gasteiger partial charge in [-0.05, 0) is 25.9 Å². The maximum atomic E-state index is 10.3. The van der Waals surface area contributed by atoms with E-state index in [4.69, 9.17) is 10.6 Å². The summed E-state index contributed by atoms with van der Waals surface area (Å²) in [6.45, 7) is 4.01. The van der Waals surface area contributed by atoms with Crippen molar-refractivity contribution in [2.75, 3.05) is 32.8 Å². The Hall–Kier alpha value is -0.650. The summed E-state index contributed by atoms with van der Waals surface area (Å²) in [5.41, 5.74) is 7.58. The highest BCUT2D eigenvalue weighted by Gasteiger charge is 2.09. The van der Waals surface area contributed by atoms with Crippen molar-refractivity contribution in [3.8, 4) is 0 Å². The topological polar surface area (TPSA) is 67.6 Å². The van der Waals surface area contributed by atoms with Gasteiger partial charge in [0.1, 0.15) is 6.61 Å². The number of nitrogens with zero attached hydrogens (tertiary/aromatic N) is 1. The molecule has 0 saturated carbocycles. The van der Waals surface area contributed by atoms with Crippen LogP contribution < -0.4 is 11.2 Å². The van der Waals surface area contributed by atoms with Gasteiger partial charge in [0.25, 0.3) is 0 Å². The van der Waals surface area contributed by atoms with Gasteiger partial charge in [-0.25, -0.2) is 5.48 Å². The van der Waals surface area contributed by atoms with Gasteiger partial charge in [0.2, 0.25) is 5.91 Å². The normalized spacial score (nSPS) is 17.8. The summed E-state index contributed by atoms with van der Waals surface area (Å²) in [6, 6.07) is 0. The van der Waals surface area contributed by atoms with Crippen molar-refractivity contribution in [3.63, 3.8) is 0 Å². The molecule has 0 atom stereocenters. The molecule has 1 heterocycles. The van der Waals surface area contributed by atoms with E-state index in [-0.39, 0.29) is 6.61 Å². The van der Waals surface area contributed by atoms with Crippen LogP contribution in [-0.2, 0) is 9.63 Å². The van der Waals surface area contributed by atoms with Crippen LogP contribution in [0.15, 0.2) is 0 Å². The monoisotopic (exact) mass is 187 g/mol. The third-order valence-corrected chi connectivity index (χ3v) is 2.05. The van der Waals surface area contributed by atoms with Crippen molar-refractivity contribution in [1.82, 2.24) is 10.4 Å². The molecule has 0 unspecified atom stereocenters. The summed E-state index contributed by atoms with van der Waals surface area (Å²) >= 11 is 0. The minimum absolute atomic E-state index is 0.0556. The van der Waals surface area contributed by atoms with E-state index in [0.717, 1.165) is 13.1 Å². The first kappa shape index (κ1) is 10.4. The maximum absolute atomic E-state index is 10.3. The zero-order valence-electron chi connectivity index (χ0n) is 7.79. The van der Waals surface area contributed by atoms with Crippen LogP contribution in [0.5, 0.6) is 0 Å². The second-order valence-corrected chi connectivity index (χ2v) is 3.20. The summed E-state index contributed by atoms with van der Waals surface area (Å²) in [5.74, 6) is -0.450. The molecule has 76 valence electrons.